The minimum Gasteiger partial charge on any atom is -0.480 e. The molecule has 0 aliphatic carbocycles. The second-order valence-corrected chi connectivity index (χ2v) is 11.0. The van der Waals surface area contributed by atoms with Crippen molar-refractivity contribution in [3.8, 4) is 17.0 Å². The van der Waals surface area contributed by atoms with Gasteiger partial charge in [-0.25, -0.2) is 36.5 Å². The standard InChI is InChI=1S/C25H20ClF3N6O4S/c1-12(36)35-10-15(11-35)33-20-5-13-3-4-16(22(28)17(13)8-30-20)21-18(27)9-31-24(23(21)29)34-40(37,38)19-6-14(26)7-32-25(19)39-2/h3-9,15H,10-11H2,1-2H3,(H,30,33)(H,31,34). The van der Waals surface area contributed by atoms with Gasteiger partial charge in [0, 0.05) is 43.4 Å². The number of fused-ring (bicyclic) bond motifs is 1. The Bertz CT molecular complexity index is 1770. The first-order valence-corrected chi connectivity index (χ1v) is 13.5. The van der Waals surface area contributed by atoms with E-state index in [-0.39, 0.29) is 28.2 Å². The van der Waals surface area contributed by atoms with Crippen molar-refractivity contribution in [1.82, 2.24) is 19.9 Å². The maximum atomic E-state index is 15.6. The number of sulfonamides is 1. The highest BCUT2D eigenvalue weighted by Gasteiger charge is 2.29. The molecular weight excluding hydrogens is 573 g/mol. The van der Waals surface area contributed by atoms with Crippen molar-refractivity contribution < 1.29 is 31.1 Å². The van der Waals surface area contributed by atoms with Gasteiger partial charge in [-0.3, -0.25) is 9.52 Å². The molecule has 0 saturated carbocycles. The molecule has 0 unspecified atom stereocenters. The quantitative estimate of drug-likeness (QED) is 0.327. The second-order valence-electron chi connectivity index (χ2n) is 8.89. The lowest BCUT2D eigenvalue weighted by Crippen LogP contribution is -2.56. The molecule has 1 aliphatic rings. The molecule has 0 bridgehead atoms. The largest absolute Gasteiger partial charge is 0.480 e. The Balaban J connectivity index is 1.47. The summed E-state index contributed by atoms with van der Waals surface area (Å²) in [5.41, 5.74) is -1.30. The van der Waals surface area contributed by atoms with Crippen molar-refractivity contribution in [2.24, 2.45) is 0 Å². The Morgan fingerprint density at radius 2 is 1.82 bits per heavy atom. The average Bonchev–Trinajstić information content (AvgIpc) is 2.88. The van der Waals surface area contributed by atoms with E-state index < -0.39 is 49.3 Å². The van der Waals surface area contributed by atoms with Crippen LogP contribution in [0.15, 0.2) is 47.8 Å². The number of rotatable bonds is 7. The smallest absolute Gasteiger partial charge is 0.268 e. The molecule has 0 radical (unpaired) electrons. The maximum Gasteiger partial charge on any atom is 0.268 e. The van der Waals surface area contributed by atoms with Gasteiger partial charge in [-0.15, -0.1) is 0 Å². The molecule has 3 aromatic heterocycles. The zero-order valence-corrected chi connectivity index (χ0v) is 22.4. The third-order valence-electron chi connectivity index (χ3n) is 6.26. The number of halogens is 4. The zero-order chi connectivity index (χ0) is 28.8. The highest BCUT2D eigenvalue weighted by atomic mass is 35.5. The molecular formula is C25H20ClF3N6O4S. The third kappa shape index (κ3) is 5.07. The first kappa shape index (κ1) is 27.4. The number of ether oxygens (including phenoxy) is 1. The van der Waals surface area contributed by atoms with Gasteiger partial charge in [-0.1, -0.05) is 23.7 Å². The summed E-state index contributed by atoms with van der Waals surface area (Å²) in [5.74, 6) is -4.43. The van der Waals surface area contributed by atoms with E-state index in [4.69, 9.17) is 16.3 Å². The Labute approximate surface area is 231 Å². The van der Waals surface area contributed by atoms with Gasteiger partial charge in [0.2, 0.25) is 11.8 Å². The number of nitrogens with zero attached hydrogens (tertiary/aromatic N) is 4. The summed E-state index contributed by atoms with van der Waals surface area (Å²) in [4.78, 5) is 24.0. The van der Waals surface area contributed by atoms with Gasteiger partial charge >= 0.3 is 0 Å². The van der Waals surface area contributed by atoms with E-state index in [2.05, 4.69) is 20.3 Å². The fourth-order valence-corrected chi connectivity index (χ4v) is 5.59. The van der Waals surface area contributed by atoms with Gasteiger partial charge in [0.15, 0.2) is 22.3 Å². The summed E-state index contributed by atoms with van der Waals surface area (Å²) in [6, 6.07) is 5.22. The van der Waals surface area contributed by atoms with Crippen LogP contribution in [-0.2, 0) is 14.8 Å². The highest BCUT2D eigenvalue weighted by molar-refractivity contribution is 7.92. The first-order valence-electron chi connectivity index (χ1n) is 11.7. The number of aromatic nitrogens is 3. The van der Waals surface area contributed by atoms with Gasteiger partial charge < -0.3 is 15.0 Å². The van der Waals surface area contributed by atoms with Gasteiger partial charge in [-0.2, -0.15) is 0 Å². The molecule has 208 valence electrons. The molecule has 0 spiro atoms. The molecule has 1 aliphatic heterocycles. The Hall–Kier alpha value is -4.17. The molecule has 2 N–H and O–H groups in total. The van der Waals surface area contributed by atoms with Gasteiger partial charge in [0.1, 0.15) is 11.6 Å². The van der Waals surface area contributed by atoms with Crippen LogP contribution in [0, 0.1) is 17.5 Å². The van der Waals surface area contributed by atoms with E-state index in [0.717, 1.165) is 12.3 Å². The Kier molecular flexibility index (Phi) is 7.14. The fourth-order valence-electron chi connectivity index (χ4n) is 4.21. The molecule has 1 aromatic carbocycles. The molecule has 4 aromatic rings. The molecule has 15 heteroatoms. The normalized spacial score (nSPS) is 13.7. The topological polar surface area (TPSA) is 126 Å². The van der Waals surface area contributed by atoms with E-state index in [1.54, 1.807) is 11.0 Å². The predicted molar refractivity (Wildman–Crippen MR) is 141 cm³/mol. The van der Waals surface area contributed by atoms with Gasteiger partial charge in [0.05, 0.1) is 29.9 Å². The number of carbonyl (C=O) groups is 1. The third-order valence-corrected chi connectivity index (χ3v) is 7.80. The number of benzene rings is 1. The molecule has 5 rings (SSSR count). The van der Waals surface area contributed by atoms with Crippen LogP contribution in [0.2, 0.25) is 5.02 Å². The number of anilines is 2. The Morgan fingerprint density at radius 1 is 1.07 bits per heavy atom. The lowest BCUT2D eigenvalue weighted by atomic mass is 10.0. The summed E-state index contributed by atoms with van der Waals surface area (Å²) in [6.45, 7) is 2.50. The number of amides is 1. The number of hydrogen-bond donors (Lipinski definition) is 2. The minimum atomic E-state index is -4.56. The van der Waals surface area contributed by atoms with E-state index in [9.17, 15) is 17.6 Å². The van der Waals surface area contributed by atoms with E-state index >= 15 is 8.78 Å². The van der Waals surface area contributed by atoms with Crippen LogP contribution in [0.3, 0.4) is 0 Å². The van der Waals surface area contributed by atoms with Crippen molar-refractivity contribution >= 4 is 49.9 Å². The lowest BCUT2D eigenvalue weighted by Gasteiger charge is -2.39. The molecule has 1 amide bonds. The van der Waals surface area contributed by atoms with Crippen molar-refractivity contribution in [2.45, 2.75) is 17.9 Å². The molecule has 0 atom stereocenters. The predicted octanol–water partition coefficient (Wildman–Crippen LogP) is 4.21. The van der Waals surface area contributed by atoms with Crippen LogP contribution in [0.4, 0.5) is 24.8 Å². The first-order chi connectivity index (χ1) is 19.0. The molecule has 1 saturated heterocycles. The average molecular weight is 593 g/mol. The summed E-state index contributed by atoms with van der Waals surface area (Å²) in [5, 5.41) is 3.50. The SMILES string of the molecule is COc1ncc(Cl)cc1S(=O)(=O)Nc1ncc(F)c(-c2ccc3cc(NC4CN(C(C)=O)C4)ncc3c2F)c1F. The molecule has 40 heavy (non-hydrogen) atoms. The van der Waals surface area contributed by atoms with Crippen molar-refractivity contribution in [3.63, 3.8) is 0 Å². The highest BCUT2D eigenvalue weighted by Crippen LogP contribution is 2.36. The monoisotopic (exact) mass is 592 g/mol. The van der Waals surface area contributed by atoms with Crippen molar-refractivity contribution in [2.75, 3.05) is 30.2 Å². The Morgan fingerprint density at radius 3 is 2.52 bits per heavy atom. The summed E-state index contributed by atoms with van der Waals surface area (Å²) in [6.07, 6.45) is 2.94. The van der Waals surface area contributed by atoms with Gasteiger partial charge in [-0.05, 0) is 17.5 Å². The number of likely N-dealkylation sites (tertiary alicyclic amines) is 1. The lowest BCUT2D eigenvalue weighted by molar-refractivity contribution is -0.132. The summed E-state index contributed by atoms with van der Waals surface area (Å²) in [7, 11) is -3.38. The molecule has 10 nitrogen and oxygen atoms in total. The van der Waals surface area contributed by atoms with E-state index in [1.807, 2.05) is 4.72 Å². The van der Waals surface area contributed by atoms with E-state index in [0.29, 0.717) is 30.5 Å². The minimum absolute atomic E-state index is 0.0113. The van der Waals surface area contributed by atoms with E-state index in [1.165, 1.54) is 32.4 Å². The van der Waals surface area contributed by atoms with Crippen LogP contribution in [0.1, 0.15) is 6.92 Å². The van der Waals surface area contributed by atoms with Crippen LogP contribution in [0.5, 0.6) is 5.88 Å². The number of hydrogen-bond acceptors (Lipinski definition) is 8. The van der Waals surface area contributed by atoms with Crippen molar-refractivity contribution in [3.05, 3.63) is 65.3 Å². The number of methoxy groups -OCH3 is 1. The second kappa shape index (κ2) is 10.4. The number of nitrogens with one attached hydrogen (secondary N) is 2. The number of carbonyl (C=O) groups excluding carboxylic acids is 1. The number of pyridine rings is 3. The fraction of sp³-hybridized carbons (Fsp3) is 0.200. The van der Waals surface area contributed by atoms with Crippen LogP contribution in [0.25, 0.3) is 21.9 Å². The zero-order valence-electron chi connectivity index (χ0n) is 20.9. The summed E-state index contributed by atoms with van der Waals surface area (Å²) < 4.78 is 78.7. The van der Waals surface area contributed by atoms with Crippen LogP contribution in [-0.4, -0.2) is 60.4 Å². The van der Waals surface area contributed by atoms with Crippen LogP contribution < -0.4 is 14.8 Å². The van der Waals surface area contributed by atoms with Crippen molar-refractivity contribution in [1.29, 1.82) is 0 Å². The molecule has 4 heterocycles. The van der Waals surface area contributed by atoms with Crippen LogP contribution >= 0.6 is 11.6 Å². The summed E-state index contributed by atoms with van der Waals surface area (Å²) >= 11 is 5.85. The van der Waals surface area contributed by atoms with Gasteiger partial charge in [0.25, 0.3) is 10.0 Å². The molecule has 1 fully saturated rings. The maximum absolute atomic E-state index is 15.6.